The second kappa shape index (κ2) is 6.40. The molecule has 94 valence electrons. The van der Waals surface area contributed by atoms with Gasteiger partial charge in [-0.3, -0.25) is 0 Å². The lowest BCUT2D eigenvalue weighted by molar-refractivity contribution is 0.977. The summed E-state index contributed by atoms with van der Waals surface area (Å²) in [5, 5.41) is 3.82. The fourth-order valence-electron chi connectivity index (χ4n) is 1.57. The zero-order valence-electron chi connectivity index (χ0n) is 10.6. The molecule has 0 bridgehead atoms. The first-order valence-corrected chi connectivity index (χ1v) is 6.86. The van der Waals surface area contributed by atoms with Crippen LogP contribution in [0.3, 0.4) is 0 Å². The van der Waals surface area contributed by atoms with Gasteiger partial charge in [-0.25, -0.2) is 9.97 Å². The Morgan fingerprint density at radius 1 is 1.22 bits per heavy atom. The largest absolute Gasteiger partial charge is 0.369 e. The Hall–Kier alpha value is -1.55. The van der Waals surface area contributed by atoms with E-state index in [1.165, 1.54) is 4.90 Å². The maximum Gasteiger partial charge on any atom is 0.129 e. The first-order chi connectivity index (χ1) is 8.74. The predicted octanol–water partition coefficient (Wildman–Crippen LogP) is 3.38. The molecule has 18 heavy (non-hydrogen) atoms. The molecule has 0 aliphatic rings. The van der Waals surface area contributed by atoms with Crippen molar-refractivity contribution in [3.8, 4) is 0 Å². The van der Waals surface area contributed by atoms with Crippen molar-refractivity contribution >= 4 is 17.6 Å². The van der Waals surface area contributed by atoms with Crippen LogP contribution in [0, 0.1) is 6.92 Å². The molecule has 0 radical (unpaired) electrons. The lowest BCUT2D eigenvalue weighted by Gasteiger charge is -2.12. The molecule has 0 aliphatic heterocycles. The lowest BCUT2D eigenvalue weighted by Crippen LogP contribution is -2.14. The van der Waals surface area contributed by atoms with Crippen molar-refractivity contribution in [1.82, 2.24) is 9.97 Å². The monoisotopic (exact) mass is 259 g/mol. The van der Waals surface area contributed by atoms with E-state index in [0.717, 1.165) is 18.1 Å². The molecule has 4 heteroatoms. The van der Waals surface area contributed by atoms with Gasteiger partial charge >= 0.3 is 0 Å². The van der Waals surface area contributed by atoms with Crippen molar-refractivity contribution in [3.05, 3.63) is 48.4 Å². The van der Waals surface area contributed by atoms with Crippen molar-refractivity contribution in [2.24, 2.45) is 0 Å². The van der Waals surface area contributed by atoms with Crippen LogP contribution >= 0.6 is 11.8 Å². The third kappa shape index (κ3) is 4.04. The van der Waals surface area contributed by atoms with Gasteiger partial charge in [0.1, 0.15) is 12.1 Å². The number of rotatable bonds is 5. The van der Waals surface area contributed by atoms with Crippen molar-refractivity contribution in [1.29, 1.82) is 0 Å². The number of hydrogen-bond donors (Lipinski definition) is 1. The summed E-state index contributed by atoms with van der Waals surface area (Å²) in [6.07, 6.45) is 1.59. The predicted molar refractivity (Wildman–Crippen MR) is 77.0 cm³/mol. The van der Waals surface area contributed by atoms with Crippen LogP contribution in [-0.2, 0) is 0 Å². The molecule has 1 aromatic carbocycles. The highest BCUT2D eigenvalue weighted by Gasteiger charge is 2.04. The first-order valence-electron chi connectivity index (χ1n) is 5.98. The van der Waals surface area contributed by atoms with Crippen molar-refractivity contribution in [2.45, 2.75) is 24.0 Å². The van der Waals surface area contributed by atoms with Gasteiger partial charge in [0, 0.05) is 28.5 Å². The van der Waals surface area contributed by atoms with Crippen LogP contribution < -0.4 is 5.32 Å². The molecule has 1 N–H and O–H groups in total. The third-order valence-corrected chi connectivity index (χ3v) is 3.57. The minimum absolute atomic E-state index is 0.489. The molecule has 1 atom stereocenters. The average molecular weight is 259 g/mol. The molecule has 1 aromatic heterocycles. The van der Waals surface area contributed by atoms with Gasteiger partial charge < -0.3 is 5.32 Å². The number of nitrogens with one attached hydrogen (secondary N) is 1. The van der Waals surface area contributed by atoms with E-state index in [2.05, 4.69) is 46.5 Å². The van der Waals surface area contributed by atoms with Crippen LogP contribution in [0.15, 0.2) is 47.6 Å². The summed E-state index contributed by atoms with van der Waals surface area (Å²) >= 11 is 1.86. The first kappa shape index (κ1) is 12.9. The summed E-state index contributed by atoms with van der Waals surface area (Å²) in [7, 11) is 0. The molecule has 0 aliphatic carbocycles. The summed E-state index contributed by atoms with van der Waals surface area (Å²) in [6, 6.07) is 12.4. The highest BCUT2D eigenvalue weighted by Crippen LogP contribution is 2.22. The van der Waals surface area contributed by atoms with E-state index in [9.17, 15) is 0 Å². The second-order valence-electron chi connectivity index (χ2n) is 4.17. The molecule has 2 rings (SSSR count). The Bertz CT molecular complexity index is 487. The summed E-state index contributed by atoms with van der Waals surface area (Å²) < 4.78 is 0. The molecule has 0 saturated carbocycles. The van der Waals surface area contributed by atoms with Gasteiger partial charge in [0.15, 0.2) is 0 Å². The number of nitrogens with zero attached hydrogens (tertiary/aromatic N) is 2. The molecule has 1 heterocycles. The van der Waals surface area contributed by atoms with Crippen LogP contribution in [0.4, 0.5) is 5.82 Å². The normalized spacial score (nSPS) is 12.1. The molecule has 0 fully saturated rings. The van der Waals surface area contributed by atoms with E-state index < -0.39 is 0 Å². The molecule has 2 aromatic rings. The van der Waals surface area contributed by atoms with Crippen LogP contribution in [0.2, 0.25) is 0 Å². The van der Waals surface area contributed by atoms with E-state index in [1.807, 2.05) is 30.8 Å². The Morgan fingerprint density at radius 2 is 2.00 bits per heavy atom. The fourth-order valence-corrected chi connectivity index (χ4v) is 2.52. The Morgan fingerprint density at radius 3 is 2.72 bits per heavy atom. The molecule has 1 unspecified atom stereocenters. The van der Waals surface area contributed by atoms with Gasteiger partial charge in [-0.2, -0.15) is 0 Å². The highest BCUT2D eigenvalue weighted by atomic mass is 32.2. The van der Waals surface area contributed by atoms with E-state index >= 15 is 0 Å². The maximum absolute atomic E-state index is 4.19. The quantitative estimate of drug-likeness (QED) is 0.835. The number of benzene rings is 1. The Kier molecular flexibility index (Phi) is 4.59. The van der Waals surface area contributed by atoms with Gasteiger partial charge in [-0.05, 0) is 19.1 Å². The zero-order valence-corrected chi connectivity index (χ0v) is 11.4. The second-order valence-corrected chi connectivity index (χ2v) is 5.68. The molecular weight excluding hydrogens is 242 g/mol. The van der Waals surface area contributed by atoms with E-state index in [4.69, 9.17) is 0 Å². The van der Waals surface area contributed by atoms with Gasteiger partial charge in [0.2, 0.25) is 0 Å². The number of thioether (sulfide) groups is 1. The van der Waals surface area contributed by atoms with Crippen molar-refractivity contribution < 1.29 is 0 Å². The van der Waals surface area contributed by atoms with Crippen molar-refractivity contribution in [2.75, 3.05) is 11.9 Å². The number of aromatic nitrogens is 2. The molecule has 0 saturated heterocycles. The molecule has 0 spiro atoms. The molecular formula is C14H17N3S. The molecule has 3 nitrogen and oxygen atoms in total. The SMILES string of the molecule is Cc1cc(NCC(C)Sc2ccccc2)ncn1. The van der Waals surface area contributed by atoms with E-state index in [-0.39, 0.29) is 0 Å². The van der Waals surface area contributed by atoms with Crippen LogP contribution in [0.25, 0.3) is 0 Å². The lowest BCUT2D eigenvalue weighted by atomic mass is 10.4. The van der Waals surface area contributed by atoms with E-state index in [0.29, 0.717) is 5.25 Å². The highest BCUT2D eigenvalue weighted by molar-refractivity contribution is 8.00. The van der Waals surface area contributed by atoms with Gasteiger partial charge in [-0.15, -0.1) is 11.8 Å². The number of aryl methyl sites for hydroxylation is 1. The van der Waals surface area contributed by atoms with Crippen LogP contribution in [0.5, 0.6) is 0 Å². The zero-order chi connectivity index (χ0) is 12.8. The minimum atomic E-state index is 0.489. The van der Waals surface area contributed by atoms with E-state index in [1.54, 1.807) is 6.33 Å². The number of hydrogen-bond acceptors (Lipinski definition) is 4. The Balaban J connectivity index is 1.83. The van der Waals surface area contributed by atoms with Crippen LogP contribution in [-0.4, -0.2) is 21.8 Å². The average Bonchev–Trinajstić information content (AvgIpc) is 2.38. The summed E-state index contributed by atoms with van der Waals surface area (Å²) in [6.45, 7) is 5.06. The van der Waals surface area contributed by atoms with Gasteiger partial charge in [0.05, 0.1) is 0 Å². The fraction of sp³-hybridized carbons (Fsp3) is 0.286. The minimum Gasteiger partial charge on any atom is -0.369 e. The third-order valence-electron chi connectivity index (χ3n) is 2.45. The summed E-state index contributed by atoms with van der Waals surface area (Å²) in [4.78, 5) is 9.56. The standard InChI is InChI=1S/C14H17N3S/c1-11-8-14(17-10-16-11)15-9-12(2)18-13-6-4-3-5-7-13/h3-8,10,12H,9H2,1-2H3,(H,15,16,17). The van der Waals surface area contributed by atoms with Gasteiger partial charge in [0.25, 0.3) is 0 Å². The summed E-state index contributed by atoms with van der Waals surface area (Å²) in [5.74, 6) is 0.892. The smallest absolute Gasteiger partial charge is 0.129 e. The number of anilines is 1. The maximum atomic E-state index is 4.19. The molecule has 0 amide bonds. The van der Waals surface area contributed by atoms with Crippen LogP contribution in [0.1, 0.15) is 12.6 Å². The summed E-state index contributed by atoms with van der Waals surface area (Å²) in [5.41, 5.74) is 0.982. The van der Waals surface area contributed by atoms with Gasteiger partial charge in [-0.1, -0.05) is 25.1 Å². The Labute approximate surface area is 112 Å². The topological polar surface area (TPSA) is 37.8 Å². The van der Waals surface area contributed by atoms with Crippen molar-refractivity contribution in [3.63, 3.8) is 0 Å².